The molecule has 31 heavy (non-hydrogen) atoms. The average Bonchev–Trinajstić information content (AvgIpc) is 3.31. The van der Waals surface area contributed by atoms with Gasteiger partial charge >= 0.3 is 11.9 Å². The van der Waals surface area contributed by atoms with Gasteiger partial charge in [-0.05, 0) is 60.8 Å². The number of hydrogen-bond acceptors (Lipinski definition) is 5. The predicted octanol–water partition coefficient (Wildman–Crippen LogP) is 4.09. The van der Waals surface area contributed by atoms with Crippen LogP contribution in [0.15, 0.2) is 60.7 Å². The molecule has 1 saturated carbocycles. The molecule has 8 atom stereocenters. The van der Waals surface area contributed by atoms with Crippen LogP contribution in [0, 0.1) is 23.7 Å². The van der Waals surface area contributed by atoms with Crippen LogP contribution in [0.5, 0.6) is 0 Å². The first-order valence-corrected chi connectivity index (χ1v) is 11.3. The van der Waals surface area contributed by atoms with Crippen molar-refractivity contribution in [2.75, 3.05) is 0 Å². The van der Waals surface area contributed by atoms with Crippen molar-refractivity contribution in [1.29, 1.82) is 0 Å². The zero-order valence-electron chi connectivity index (χ0n) is 17.9. The molecule has 3 aliphatic rings. The molecule has 8 unspecified atom stereocenters. The molecule has 5 rings (SSSR count). The van der Waals surface area contributed by atoms with E-state index < -0.39 is 12.2 Å². The standard InChI is InChI=1S/C26H29NO4/c1-15-13-19-20(14-16(15)2)22-24(31-26(29)18-11-7-4-8-12-18)23(21(19)27-22)30-25(28)17-9-5-3-6-10-17/h3-12,15-16,19-24,27H,13-14H2,1-2H3. The zero-order valence-corrected chi connectivity index (χ0v) is 17.9. The molecule has 0 radical (unpaired) electrons. The minimum atomic E-state index is -0.479. The van der Waals surface area contributed by atoms with E-state index in [-0.39, 0.29) is 24.0 Å². The van der Waals surface area contributed by atoms with Crippen molar-refractivity contribution < 1.29 is 19.1 Å². The van der Waals surface area contributed by atoms with E-state index in [2.05, 4.69) is 19.2 Å². The highest BCUT2D eigenvalue weighted by molar-refractivity contribution is 5.90. The van der Waals surface area contributed by atoms with E-state index in [4.69, 9.17) is 9.47 Å². The van der Waals surface area contributed by atoms with Gasteiger partial charge < -0.3 is 14.8 Å². The van der Waals surface area contributed by atoms with Crippen LogP contribution in [0.2, 0.25) is 0 Å². The maximum absolute atomic E-state index is 12.9. The second kappa shape index (κ2) is 8.12. The van der Waals surface area contributed by atoms with Crippen molar-refractivity contribution in [2.24, 2.45) is 23.7 Å². The normalized spacial score (nSPS) is 35.9. The van der Waals surface area contributed by atoms with Gasteiger partial charge in [-0.2, -0.15) is 0 Å². The number of esters is 2. The third-order valence-corrected chi connectivity index (χ3v) is 7.65. The van der Waals surface area contributed by atoms with Crippen molar-refractivity contribution in [3.8, 4) is 0 Å². The predicted molar refractivity (Wildman–Crippen MR) is 117 cm³/mol. The van der Waals surface area contributed by atoms with Crippen LogP contribution in [0.25, 0.3) is 0 Å². The van der Waals surface area contributed by atoms with Gasteiger partial charge in [-0.1, -0.05) is 50.2 Å². The quantitative estimate of drug-likeness (QED) is 0.757. The van der Waals surface area contributed by atoms with Crippen LogP contribution in [0.3, 0.4) is 0 Å². The monoisotopic (exact) mass is 419 g/mol. The number of hydrogen-bond donors (Lipinski definition) is 1. The van der Waals surface area contributed by atoms with Gasteiger partial charge in [-0.25, -0.2) is 9.59 Å². The summed E-state index contributed by atoms with van der Waals surface area (Å²) in [6.45, 7) is 4.62. The molecule has 162 valence electrons. The minimum absolute atomic E-state index is 0.0196. The Balaban J connectivity index is 1.40. The van der Waals surface area contributed by atoms with Crippen LogP contribution in [0.4, 0.5) is 0 Å². The zero-order chi connectivity index (χ0) is 21.5. The van der Waals surface area contributed by atoms with Gasteiger partial charge in [-0.3, -0.25) is 0 Å². The summed E-state index contributed by atoms with van der Waals surface area (Å²) in [6, 6.07) is 18.1. The Kier molecular flexibility index (Phi) is 5.30. The smallest absolute Gasteiger partial charge is 0.338 e. The fourth-order valence-corrected chi connectivity index (χ4v) is 5.87. The number of nitrogens with one attached hydrogen (secondary N) is 1. The summed E-state index contributed by atoms with van der Waals surface area (Å²) < 4.78 is 12.0. The molecule has 2 heterocycles. The first-order valence-electron chi connectivity index (χ1n) is 11.3. The first kappa shape index (κ1) is 20.3. The fraction of sp³-hybridized carbons (Fsp3) is 0.462. The molecule has 0 spiro atoms. The second-order valence-corrected chi connectivity index (χ2v) is 9.44. The number of ether oxygens (including phenoxy) is 2. The topological polar surface area (TPSA) is 64.6 Å². The highest BCUT2D eigenvalue weighted by Crippen LogP contribution is 2.51. The largest absolute Gasteiger partial charge is 0.453 e. The number of fused-ring (bicyclic) bond motifs is 5. The van der Waals surface area contributed by atoms with E-state index in [1.807, 2.05) is 36.4 Å². The molecule has 2 bridgehead atoms. The summed E-state index contributed by atoms with van der Waals surface area (Å²) in [6.07, 6.45) is 1.26. The Morgan fingerprint density at radius 1 is 0.710 bits per heavy atom. The Hall–Kier alpha value is -2.66. The van der Waals surface area contributed by atoms with Gasteiger partial charge in [0.05, 0.1) is 23.2 Å². The Morgan fingerprint density at radius 2 is 1.10 bits per heavy atom. The molecular formula is C26H29NO4. The number of carbonyl (C=O) groups excluding carboxylic acids is 2. The highest BCUT2D eigenvalue weighted by Gasteiger charge is 2.62. The number of carbonyl (C=O) groups is 2. The van der Waals surface area contributed by atoms with Crippen LogP contribution in [-0.4, -0.2) is 36.2 Å². The molecule has 1 aliphatic carbocycles. The van der Waals surface area contributed by atoms with Crippen molar-refractivity contribution in [2.45, 2.75) is 51.0 Å². The van der Waals surface area contributed by atoms with Crippen LogP contribution in [-0.2, 0) is 9.47 Å². The molecule has 2 aromatic rings. The average molecular weight is 420 g/mol. The van der Waals surface area contributed by atoms with E-state index in [0.29, 0.717) is 34.8 Å². The van der Waals surface area contributed by atoms with E-state index in [9.17, 15) is 9.59 Å². The molecule has 5 nitrogen and oxygen atoms in total. The van der Waals surface area contributed by atoms with Crippen LogP contribution < -0.4 is 5.32 Å². The first-order chi connectivity index (χ1) is 15.0. The lowest BCUT2D eigenvalue weighted by molar-refractivity contribution is -0.0687. The van der Waals surface area contributed by atoms with E-state index >= 15 is 0 Å². The van der Waals surface area contributed by atoms with E-state index in [1.54, 1.807) is 24.3 Å². The molecule has 3 fully saturated rings. The lowest BCUT2D eigenvalue weighted by atomic mass is 9.63. The molecule has 2 aromatic carbocycles. The summed E-state index contributed by atoms with van der Waals surface area (Å²) in [5.74, 6) is 1.42. The third kappa shape index (κ3) is 3.65. The Labute approximate surface area is 183 Å². The molecule has 2 saturated heterocycles. The Bertz CT molecular complexity index is 869. The van der Waals surface area contributed by atoms with E-state index in [0.717, 1.165) is 12.8 Å². The van der Waals surface area contributed by atoms with Gasteiger partial charge in [0.15, 0.2) is 12.2 Å². The SMILES string of the molecule is CC1CC2C(CC1C)C1NC2C(OC(=O)c2ccccc2)C1OC(=O)c1ccccc1. The van der Waals surface area contributed by atoms with E-state index in [1.165, 1.54) is 0 Å². The minimum Gasteiger partial charge on any atom is -0.453 e. The molecular weight excluding hydrogens is 390 g/mol. The van der Waals surface area contributed by atoms with Crippen molar-refractivity contribution in [3.05, 3.63) is 71.8 Å². The van der Waals surface area contributed by atoms with Crippen molar-refractivity contribution in [1.82, 2.24) is 5.32 Å². The summed E-state index contributed by atoms with van der Waals surface area (Å²) in [7, 11) is 0. The van der Waals surface area contributed by atoms with Gasteiger partial charge in [0, 0.05) is 0 Å². The molecule has 1 N–H and O–H groups in total. The molecule has 5 heteroatoms. The number of rotatable bonds is 4. The number of benzene rings is 2. The molecule has 0 aromatic heterocycles. The highest BCUT2D eigenvalue weighted by atomic mass is 16.6. The molecule has 2 aliphatic heterocycles. The van der Waals surface area contributed by atoms with Crippen molar-refractivity contribution >= 4 is 11.9 Å². The molecule has 0 amide bonds. The maximum atomic E-state index is 12.9. The van der Waals surface area contributed by atoms with Crippen LogP contribution in [0.1, 0.15) is 47.4 Å². The van der Waals surface area contributed by atoms with Crippen molar-refractivity contribution in [3.63, 3.8) is 0 Å². The van der Waals surface area contributed by atoms with Gasteiger partial charge in [0.25, 0.3) is 0 Å². The summed E-state index contributed by atoms with van der Waals surface area (Å²) in [4.78, 5) is 25.7. The lowest BCUT2D eigenvalue weighted by Crippen LogP contribution is -2.53. The fourth-order valence-electron chi connectivity index (χ4n) is 5.87. The lowest BCUT2D eigenvalue weighted by Gasteiger charge is -2.44. The third-order valence-electron chi connectivity index (χ3n) is 7.65. The van der Waals surface area contributed by atoms with Gasteiger partial charge in [0.2, 0.25) is 0 Å². The van der Waals surface area contributed by atoms with Crippen LogP contribution >= 0.6 is 0 Å². The summed E-state index contributed by atoms with van der Waals surface area (Å²) >= 11 is 0. The Morgan fingerprint density at radius 3 is 1.48 bits per heavy atom. The summed E-state index contributed by atoms with van der Waals surface area (Å²) in [5.41, 5.74) is 1.03. The second-order valence-electron chi connectivity index (χ2n) is 9.44. The van der Waals surface area contributed by atoms with Gasteiger partial charge in [-0.15, -0.1) is 0 Å². The summed E-state index contributed by atoms with van der Waals surface area (Å²) in [5, 5.41) is 3.67. The van der Waals surface area contributed by atoms with Gasteiger partial charge in [0.1, 0.15) is 0 Å². The maximum Gasteiger partial charge on any atom is 0.338 e.